The molecule has 0 bridgehead atoms. The highest BCUT2D eigenvalue weighted by molar-refractivity contribution is 6.10. The van der Waals surface area contributed by atoms with Crippen LogP contribution >= 0.6 is 0 Å². The Labute approximate surface area is 187 Å². The smallest absolute Gasteiger partial charge is 0.351 e. The summed E-state index contributed by atoms with van der Waals surface area (Å²) in [6.45, 7) is 1.78. The average Bonchev–Trinajstić information content (AvgIpc) is 3.62. The number of benzene rings is 2. The lowest BCUT2D eigenvalue weighted by Crippen LogP contribution is -2.07. The van der Waals surface area contributed by atoms with Gasteiger partial charge in [-0.25, -0.2) is 15.0 Å². The maximum absolute atomic E-state index is 13.2. The van der Waals surface area contributed by atoms with Crippen LogP contribution in [0.15, 0.2) is 48.7 Å². The molecule has 4 aromatic rings. The van der Waals surface area contributed by atoms with Crippen molar-refractivity contribution in [2.24, 2.45) is 0 Å². The number of fused-ring (bicyclic) bond motifs is 3. The Morgan fingerprint density at radius 2 is 1.91 bits per heavy atom. The molecule has 0 radical (unpaired) electrons. The van der Waals surface area contributed by atoms with Gasteiger partial charge in [-0.2, -0.15) is 13.2 Å². The molecule has 0 saturated heterocycles. The van der Waals surface area contributed by atoms with Crippen LogP contribution in [0.5, 0.6) is 0 Å². The number of rotatable bonds is 6. The van der Waals surface area contributed by atoms with Gasteiger partial charge in [-0.05, 0) is 37.1 Å². The van der Waals surface area contributed by atoms with E-state index in [-0.39, 0.29) is 11.5 Å². The molecular weight excluding hydrogens is 431 g/mol. The van der Waals surface area contributed by atoms with Gasteiger partial charge in [0.25, 0.3) is 0 Å². The number of nitrogens with one attached hydrogen (secondary N) is 2. The minimum Gasteiger partial charge on any atom is -0.351 e. The Kier molecular flexibility index (Phi) is 5.11. The third kappa shape index (κ3) is 4.30. The van der Waals surface area contributed by atoms with Gasteiger partial charge in [0.2, 0.25) is 5.95 Å². The number of hydrogen-bond acceptors (Lipinski definition) is 6. The fourth-order valence-electron chi connectivity index (χ4n) is 3.64. The number of carbonyl (C=O) groups excluding carboxylic acids is 1. The summed E-state index contributed by atoms with van der Waals surface area (Å²) in [4.78, 5) is 25.9. The second kappa shape index (κ2) is 7.99. The number of pyridine rings is 1. The second-order valence-corrected chi connectivity index (χ2v) is 8.05. The number of hydrogen-bond donors (Lipinski definition) is 2. The summed E-state index contributed by atoms with van der Waals surface area (Å²) in [5, 5.41) is 7.67. The van der Waals surface area contributed by atoms with Crippen LogP contribution in [0, 0.1) is 0 Å². The molecule has 33 heavy (non-hydrogen) atoms. The van der Waals surface area contributed by atoms with Gasteiger partial charge in [0, 0.05) is 40.7 Å². The molecule has 1 saturated carbocycles. The molecule has 2 N–H and O–H groups in total. The van der Waals surface area contributed by atoms with E-state index < -0.39 is 11.7 Å². The normalized spacial score (nSPS) is 13.9. The maximum atomic E-state index is 13.2. The summed E-state index contributed by atoms with van der Waals surface area (Å²) < 4.78 is 39.6. The minimum absolute atomic E-state index is 0.0218. The summed E-state index contributed by atoms with van der Waals surface area (Å²) in [7, 11) is 0. The van der Waals surface area contributed by atoms with Crippen LogP contribution in [0.4, 0.5) is 30.6 Å². The highest BCUT2D eigenvalue weighted by Crippen LogP contribution is 2.34. The number of nitrogens with zero attached hydrogens (tertiary/aromatic N) is 3. The number of halogens is 3. The number of Topliss-reactive ketones (excluding diaryl/α,β-unsaturated/α-hetero) is 1. The number of carbonyl (C=O) groups is 1. The molecule has 168 valence electrons. The molecule has 0 aliphatic heterocycles. The third-order valence-electron chi connectivity index (χ3n) is 5.54. The number of alkyl halides is 3. The lowest BCUT2D eigenvalue weighted by Gasteiger charge is -2.14. The van der Waals surface area contributed by atoms with Crippen molar-refractivity contribution in [1.29, 1.82) is 0 Å². The molecule has 9 heteroatoms. The molecule has 5 rings (SSSR count). The van der Waals surface area contributed by atoms with Gasteiger partial charge >= 0.3 is 6.18 Å². The van der Waals surface area contributed by atoms with Crippen molar-refractivity contribution in [3.8, 4) is 0 Å². The van der Waals surface area contributed by atoms with Crippen LogP contribution in [-0.4, -0.2) is 26.8 Å². The summed E-state index contributed by atoms with van der Waals surface area (Å²) in [5.41, 5.74) is 0.999. The van der Waals surface area contributed by atoms with Gasteiger partial charge in [-0.1, -0.05) is 25.1 Å². The fourth-order valence-corrected chi connectivity index (χ4v) is 3.64. The lowest BCUT2D eigenvalue weighted by molar-refractivity contribution is -0.137. The number of ketones is 1. The monoisotopic (exact) mass is 451 g/mol. The Hall–Kier alpha value is -3.75. The first-order valence-electron chi connectivity index (χ1n) is 10.7. The van der Waals surface area contributed by atoms with Crippen LogP contribution in [0.3, 0.4) is 0 Å². The van der Waals surface area contributed by atoms with E-state index in [4.69, 9.17) is 0 Å². The summed E-state index contributed by atoms with van der Waals surface area (Å²) in [5.74, 6) is 0.710. The average molecular weight is 451 g/mol. The van der Waals surface area contributed by atoms with E-state index in [1.54, 1.807) is 31.3 Å². The molecule has 1 aliphatic rings. The standard InChI is InChI=1S/C24H20F3N5O/c1-2-20(33)13-6-9-17-18-12-28-23(30-15-7-8-15)32-21(18)22(31-19(17)10-13)29-16-5-3-4-14(11-16)24(25,26)27/h3-6,9-12,15H,2,7-8H2,1H3,(H,29,31)(H,28,30,32). The van der Waals surface area contributed by atoms with Gasteiger partial charge in [-0.3, -0.25) is 4.79 Å². The molecule has 1 aliphatic carbocycles. The summed E-state index contributed by atoms with van der Waals surface area (Å²) >= 11 is 0. The fraction of sp³-hybridized carbons (Fsp3) is 0.250. The van der Waals surface area contributed by atoms with Crippen molar-refractivity contribution in [2.45, 2.75) is 38.4 Å². The van der Waals surface area contributed by atoms with Crippen molar-refractivity contribution in [2.75, 3.05) is 10.6 Å². The first-order valence-corrected chi connectivity index (χ1v) is 10.7. The Balaban J connectivity index is 1.66. The van der Waals surface area contributed by atoms with E-state index in [1.807, 2.05) is 0 Å². The quantitative estimate of drug-likeness (QED) is 0.272. The predicted octanol–water partition coefficient (Wildman–Crippen LogP) is 6.11. The van der Waals surface area contributed by atoms with Gasteiger partial charge in [0.05, 0.1) is 11.1 Å². The zero-order valence-corrected chi connectivity index (χ0v) is 17.7. The van der Waals surface area contributed by atoms with Crippen LogP contribution in [0.1, 0.15) is 42.1 Å². The molecule has 0 amide bonds. The van der Waals surface area contributed by atoms with Gasteiger partial charge in [-0.15, -0.1) is 0 Å². The van der Waals surface area contributed by atoms with Gasteiger partial charge in [0.1, 0.15) is 5.52 Å². The van der Waals surface area contributed by atoms with Crippen LogP contribution in [0.25, 0.3) is 21.8 Å². The van der Waals surface area contributed by atoms with Crippen molar-refractivity contribution in [3.05, 3.63) is 59.8 Å². The van der Waals surface area contributed by atoms with Gasteiger partial charge < -0.3 is 10.6 Å². The number of aromatic nitrogens is 3. The molecule has 2 heterocycles. The Bertz CT molecular complexity index is 1380. The number of anilines is 3. The van der Waals surface area contributed by atoms with Crippen LogP contribution in [0.2, 0.25) is 0 Å². The summed E-state index contributed by atoms with van der Waals surface area (Å²) in [6.07, 6.45) is -0.346. The first-order chi connectivity index (χ1) is 15.8. The lowest BCUT2D eigenvalue weighted by atomic mass is 10.0. The van der Waals surface area contributed by atoms with Crippen molar-refractivity contribution in [3.63, 3.8) is 0 Å². The largest absolute Gasteiger partial charge is 0.416 e. The Morgan fingerprint density at radius 3 is 2.64 bits per heavy atom. The zero-order chi connectivity index (χ0) is 23.2. The van der Waals surface area contributed by atoms with Crippen LogP contribution < -0.4 is 10.6 Å². The van der Waals surface area contributed by atoms with E-state index >= 15 is 0 Å². The maximum Gasteiger partial charge on any atom is 0.416 e. The van der Waals surface area contributed by atoms with Gasteiger partial charge in [0.15, 0.2) is 11.6 Å². The molecular formula is C24H20F3N5O. The molecule has 1 fully saturated rings. The molecule has 0 unspecified atom stereocenters. The highest BCUT2D eigenvalue weighted by atomic mass is 19.4. The minimum atomic E-state index is -4.46. The van der Waals surface area contributed by atoms with E-state index in [0.29, 0.717) is 46.2 Å². The van der Waals surface area contributed by atoms with E-state index in [2.05, 4.69) is 25.6 Å². The molecule has 6 nitrogen and oxygen atoms in total. The molecule has 0 spiro atoms. The van der Waals surface area contributed by atoms with E-state index in [1.165, 1.54) is 12.1 Å². The second-order valence-electron chi connectivity index (χ2n) is 8.05. The molecule has 2 aromatic carbocycles. The van der Waals surface area contributed by atoms with Crippen molar-refractivity contribution in [1.82, 2.24) is 15.0 Å². The van der Waals surface area contributed by atoms with Crippen molar-refractivity contribution >= 4 is 45.0 Å². The zero-order valence-electron chi connectivity index (χ0n) is 17.7. The van der Waals surface area contributed by atoms with E-state index in [9.17, 15) is 18.0 Å². The third-order valence-corrected chi connectivity index (χ3v) is 5.54. The first kappa shape index (κ1) is 21.1. The van der Waals surface area contributed by atoms with Crippen LogP contribution in [-0.2, 0) is 6.18 Å². The highest BCUT2D eigenvalue weighted by Gasteiger charge is 2.30. The predicted molar refractivity (Wildman–Crippen MR) is 121 cm³/mol. The SMILES string of the molecule is CCC(=O)c1ccc2c(c1)nc(Nc1cccc(C(F)(F)F)c1)c1nc(NC3CC3)ncc12. The molecule has 0 atom stereocenters. The van der Waals surface area contributed by atoms with E-state index in [0.717, 1.165) is 30.4 Å². The molecule has 2 aromatic heterocycles. The topological polar surface area (TPSA) is 79.8 Å². The summed E-state index contributed by atoms with van der Waals surface area (Å²) in [6, 6.07) is 10.5. The van der Waals surface area contributed by atoms with Crippen molar-refractivity contribution < 1.29 is 18.0 Å². The Morgan fingerprint density at radius 1 is 1.09 bits per heavy atom.